The lowest BCUT2D eigenvalue weighted by atomic mass is 10.1. The third-order valence-corrected chi connectivity index (χ3v) is 7.41. The topological polar surface area (TPSA) is 103 Å². The van der Waals surface area contributed by atoms with E-state index in [1.165, 1.54) is 23.0 Å². The summed E-state index contributed by atoms with van der Waals surface area (Å²) in [4.78, 5) is 40.4. The summed E-state index contributed by atoms with van der Waals surface area (Å²) in [5, 5.41) is 6.51. The summed E-state index contributed by atoms with van der Waals surface area (Å²) in [6.07, 6.45) is 7.00. The summed E-state index contributed by atoms with van der Waals surface area (Å²) in [5.41, 5.74) is 3.67. The number of nitrogens with one attached hydrogen (secondary N) is 2. The number of carbonyl (C=O) groups excluding carboxylic acids is 2. The van der Waals surface area contributed by atoms with Crippen molar-refractivity contribution in [3.63, 3.8) is 0 Å². The first-order valence-corrected chi connectivity index (χ1v) is 14.2. The Morgan fingerprint density at radius 3 is 2.51 bits per heavy atom. The molecule has 3 amide bonds. The Hall–Kier alpha value is -4.54. The number of aromatic nitrogens is 2. The molecule has 0 radical (unpaired) electrons. The first-order valence-electron chi connectivity index (χ1n) is 13.4. The minimum atomic E-state index is -0.388. The monoisotopic (exact) mass is 621 g/mol. The second-order valence-corrected chi connectivity index (χ2v) is 10.6. The van der Waals surface area contributed by atoms with Crippen LogP contribution < -0.4 is 25.2 Å². The number of nitrogens with zero attached hydrogens (tertiary/aromatic N) is 5. The highest BCUT2D eigenvalue weighted by atomic mass is 35.5. The largest absolute Gasteiger partial charge is 0.495 e. The molecule has 12 heteroatoms. The number of benzene rings is 2. The van der Waals surface area contributed by atoms with Crippen LogP contribution >= 0.6 is 23.2 Å². The van der Waals surface area contributed by atoms with E-state index in [0.717, 1.165) is 11.1 Å². The Kier molecular flexibility index (Phi) is 9.95. The van der Waals surface area contributed by atoms with E-state index in [4.69, 9.17) is 32.9 Å². The zero-order valence-electron chi connectivity index (χ0n) is 24.4. The molecule has 0 atom stereocenters. The van der Waals surface area contributed by atoms with Crippen molar-refractivity contribution in [1.82, 2.24) is 14.9 Å². The number of para-hydroxylation sites is 2. The van der Waals surface area contributed by atoms with Gasteiger partial charge < -0.3 is 20.3 Å². The van der Waals surface area contributed by atoms with Gasteiger partial charge in [0.15, 0.2) is 0 Å². The molecule has 0 saturated carbocycles. The average molecular weight is 623 g/mol. The van der Waals surface area contributed by atoms with Crippen LogP contribution in [0.5, 0.6) is 5.75 Å². The average Bonchev–Trinajstić information content (AvgIpc) is 2.99. The van der Waals surface area contributed by atoms with Crippen molar-refractivity contribution in [2.45, 2.75) is 19.9 Å². The maximum atomic E-state index is 14.3. The van der Waals surface area contributed by atoms with E-state index in [1.807, 2.05) is 38.2 Å². The lowest BCUT2D eigenvalue weighted by molar-refractivity contribution is -0.111. The van der Waals surface area contributed by atoms with Crippen molar-refractivity contribution < 1.29 is 14.3 Å². The normalized spacial score (nSPS) is 12.9. The van der Waals surface area contributed by atoms with E-state index >= 15 is 0 Å². The van der Waals surface area contributed by atoms with Gasteiger partial charge in [0.1, 0.15) is 16.6 Å². The van der Waals surface area contributed by atoms with Crippen LogP contribution in [0.25, 0.3) is 0 Å². The van der Waals surface area contributed by atoms with Crippen LogP contribution in [0.15, 0.2) is 73.6 Å². The first kappa shape index (κ1) is 31.4. The Morgan fingerprint density at radius 1 is 1.16 bits per heavy atom. The molecule has 4 rings (SSSR count). The van der Waals surface area contributed by atoms with Crippen molar-refractivity contribution in [2.75, 3.05) is 48.2 Å². The Labute approximate surface area is 261 Å². The third-order valence-electron chi connectivity index (χ3n) is 6.62. The maximum absolute atomic E-state index is 14.3. The summed E-state index contributed by atoms with van der Waals surface area (Å²) < 4.78 is 5.51. The van der Waals surface area contributed by atoms with E-state index in [-0.39, 0.29) is 36.0 Å². The summed E-state index contributed by atoms with van der Waals surface area (Å²) >= 11 is 13.6. The van der Waals surface area contributed by atoms with Crippen LogP contribution in [-0.2, 0) is 17.8 Å². The van der Waals surface area contributed by atoms with Crippen molar-refractivity contribution in [1.29, 1.82) is 0 Å². The predicted molar refractivity (Wildman–Crippen MR) is 174 cm³/mol. The fourth-order valence-electron chi connectivity index (χ4n) is 4.57. The molecule has 43 heavy (non-hydrogen) atoms. The highest BCUT2D eigenvalue weighted by Gasteiger charge is 2.36. The zero-order chi connectivity index (χ0) is 31.3. The maximum Gasteiger partial charge on any atom is 0.330 e. The molecule has 1 aliphatic heterocycles. The smallest absolute Gasteiger partial charge is 0.330 e. The summed E-state index contributed by atoms with van der Waals surface area (Å²) in [6.45, 7) is 9.68. The van der Waals surface area contributed by atoms with E-state index in [9.17, 15) is 9.59 Å². The van der Waals surface area contributed by atoms with Gasteiger partial charge in [0.2, 0.25) is 11.9 Å². The zero-order valence-corrected chi connectivity index (χ0v) is 26.0. The van der Waals surface area contributed by atoms with Gasteiger partial charge in [-0.25, -0.2) is 9.78 Å². The molecule has 0 bridgehead atoms. The second-order valence-electron chi connectivity index (χ2n) is 9.80. The molecule has 0 spiro atoms. The third kappa shape index (κ3) is 6.76. The molecular formula is C31H33Cl2N7O3. The number of carbonyl (C=O) groups is 2. The van der Waals surface area contributed by atoms with Crippen LogP contribution in [0.4, 0.5) is 33.6 Å². The number of amides is 3. The molecule has 0 unspecified atom stereocenters. The Balaban J connectivity index is 1.82. The van der Waals surface area contributed by atoms with Crippen molar-refractivity contribution in [3.05, 3.63) is 94.8 Å². The number of rotatable bonds is 11. The number of ether oxygens (including phenoxy) is 1. The summed E-state index contributed by atoms with van der Waals surface area (Å²) in [7, 11) is 5.29. The lowest BCUT2D eigenvalue weighted by Gasteiger charge is -2.37. The minimum Gasteiger partial charge on any atom is -0.495 e. The molecule has 1 aromatic heterocycles. The van der Waals surface area contributed by atoms with E-state index in [0.29, 0.717) is 45.6 Å². The van der Waals surface area contributed by atoms with Gasteiger partial charge >= 0.3 is 6.03 Å². The van der Waals surface area contributed by atoms with Gasteiger partial charge in [-0.3, -0.25) is 14.6 Å². The van der Waals surface area contributed by atoms with Crippen molar-refractivity contribution in [3.8, 4) is 5.75 Å². The van der Waals surface area contributed by atoms with Gasteiger partial charge in [-0.2, -0.15) is 4.98 Å². The van der Waals surface area contributed by atoms with Crippen LogP contribution in [0.2, 0.25) is 10.0 Å². The number of aryl methyl sites for hydroxylation is 1. The van der Waals surface area contributed by atoms with E-state index < -0.39 is 0 Å². The number of fused-ring (bicyclic) bond motifs is 1. The van der Waals surface area contributed by atoms with Gasteiger partial charge in [-0.1, -0.05) is 61.5 Å². The Morgan fingerprint density at radius 2 is 1.88 bits per heavy atom. The minimum absolute atomic E-state index is 0.119. The summed E-state index contributed by atoms with van der Waals surface area (Å²) in [5.74, 6) is 0.694. The number of anilines is 5. The molecule has 0 saturated heterocycles. The van der Waals surface area contributed by atoms with Crippen LogP contribution in [0.3, 0.4) is 0 Å². The fraction of sp³-hybridized carbons (Fsp3) is 0.226. The standard InChI is InChI=1S/C31H33Cl2N7O3/c1-7-19(16-38(4)5)17-40-29-21(15-34-30(37-29)36-23-13-11-10-12-22(23)35-25(41)9-3)18-39(31(40)42)28-26(32)20(8-2)14-24(43-6)27(28)33/h7,9-16H,1,3,8,17-18H2,2,4-6H3,(H,35,41)(H,34,36,37)/b19-16+. The first-order chi connectivity index (χ1) is 20.6. The SMILES string of the molecule is C=CC(=O)Nc1ccccc1Nc1ncc2c(n1)N(C/C(C=C)=C/N(C)C)C(=O)N(c1c(Cl)c(CC)cc(OC)c1Cl)C2. The molecule has 2 aromatic carbocycles. The van der Waals surface area contributed by atoms with Crippen LogP contribution in [0, 0.1) is 0 Å². The summed E-state index contributed by atoms with van der Waals surface area (Å²) in [6, 6.07) is 8.51. The molecule has 0 aliphatic carbocycles. The predicted octanol–water partition coefficient (Wildman–Crippen LogP) is 6.80. The Bertz CT molecular complexity index is 1580. The second kappa shape index (κ2) is 13.6. The number of hydrogen-bond donors (Lipinski definition) is 2. The molecular weight excluding hydrogens is 589 g/mol. The van der Waals surface area contributed by atoms with Crippen LogP contribution in [0.1, 0.15) is 18.1 Å². The van der Waals surface area contributed by atoms with E-state index in [2.05, 4.69) is 28.8 Å². The molecule has 3 aromatic rings. The number of hydrogen-bond acceptors (Lipinski definition) is 7. The molecule has 2 heterocycles. The molecule has 10 nitrogen and oxygen atoms in total. The van der Waals surface area contributed by atoms with E-state index in [1.54, 1.807) is 36.5 Å². The van der Waals surface area contributed by atoms with Gasteiger partial charge in [-0.05, 0) is 41.8 Å². The highest BCUT2D eigenvalue weighted by molar-refractivity contribution is 6.41. The van der Waals surface area contributed by atoms with Gasteiger partial charge in [0, 0.05) is 32.1 Å². The quantitative estimate of drug-likeness (QED) is 0.179. The fourth-order valence-corrected chi connectivity index (χ4v) is 5.33. The lowest BCUT2D eigenvalue weighted by Crippen LogP contribution is -2.49. The number of urea groups is 1. The highest BCUT2D eigenvalue weighted by Crippen LogP contribution is 2.45. The van der Waals surface area contributed by atoms with Crippen molar-refractivity contribution >= 4 is 64.0 Å². The van der Waals surface area contributed by atoms with Gasteiger partial charge in [0.25, 0.3) is 0 Å². The molecule has 2 N–H and O–H groups in total. The van der Waals surface area contributed by atoms with Gasteiger partial charge in [-0.15, -0.1) is 0 Å². The molecule has 0 fully saturated rings. The van der Waals surface area contributed by atoms with Crippen LogP contribution in [-0.4, -0.2) is 54.6 Å². The number of methoxy groups -OCH3 is 1. The van der Waals surface area contributed by atoms with Crippen molar-refractivity contribution in [2.24, 2.45) is 0 Å². The van der Waals surface area contributed by atoms with Gasteiger partial charge in [0.05, 0.1) is 42.3 Å². The number of halogens is 2. The molecule has 1 aliphatic rings. The molecule has 224 valence electrons.